The Morgan fingerprint density at radius 3 is 2.76 bits per heavy atom. The normalized spacial score (nSPS) is 10.8. The van der Waals surface area contributed by atoms with Crippen molar-refractivity contribution in [1.82, 2.24) is 4.98 Å². The topological polar surface area (TPSA) is 48.1 Å². The number of nitrogen functional groups attached to an aromatic ring is 1. The molecule has 1 aromatic carbocycles. The van der Waals surface area contributed by atoms with E-state index in [1.54, 1.807) is 29.8 Å². The zero-order valence-electron chi connectivity index (χ0n) is 11.9. The lowest BCUT2D eigenvalue weighted by molar-refractivity contribution is 0.417. The van der Waals surface area contributed by atoms with Gasteiger partial charge in [-0.3, -0.25) is 0 Å². The molecule has 0 fully saturated rings. The van der Waals surface area contributed by atoms with E-state index in [0.717, 1.165) is 22.7 Å². The lowest BCUT2D eigenvalue weighted by atomic mass is 10.2. The van der Waals surface area contributed by atoms with Crippen molar-refractivity contribution in [2.24, 2.45) is 0 Å². The maximum absolute atomic E-state index is 6.00. The lowest BCUT2D eigenvalue weighted by Gasteiger charge is -2.05. The number of benzene rings is 1. The minimum Gasteiger partial charge on any atom is -0.495 e. The molecule has 0 atom stereocenters. The Kier molecular flexibility index (Phi) is 3.94. The molecule has 0 aliphatic rings. The summed E-state index contributed by atoms with van der Waals surface area (Å²) in [5, 5.41) is 3.09. The fourth-order valence-corrected chi connectivity index (χ4v) is 4.01. The number of thiophene rings is 1. The van der Waals surface area contributed by atoms with Crippen LogP contribution >= 0.6 is 22.7 Å². The quantitative estimate of drug-likeness (QED) is 0.710. The van der Waals surface area contributed by atoms with Crippen molar-refractivity contribution in [3.05, 3.63) is 40.6 Å². The van der Waals surface area contributed by atoms with E-state index in [2.05, 4.69) is 24.4 Å². The standard InChI is InChI=1S/C16H16N2OS2/c1-3-13-15(14-5-4-8-20-14)18-16(21-13)10-6-7-12(19-2)11(17)9-10/h4-9H,3,17H2,1-2H3. The minimum atomic E-state index is 0.640. The van der Waals surface area contributed by atoms with Crippen molar-refractivity contribution < 1.29 is 4.74 Å². The molecule has 108 valence electrons. The molecule has 0 saturated heterocycles. The predicted molar refractivity (Wildman–Crippen MR) is 91.2 cm³/mol. The fourth-order valence-electron chi connectivity index (χ4n) is 2.19. The summed E-state index contributed by atoms with van der Waals surface area (Å²) in [6, 6.07) is 10.00. The SMILES string of the molecule is CCc1sc(-c2ccc(OC)c(N)c2)nc1-c1cccs1. The summed E-state index contributed by atoms with van der Waals surface area (Å²) in [6.07, 6.45) is 0.983. The molecule has 21 heavy (non-hydrogen) atoms. The fraction of sp³-hybridized carbons (Fsp3) is 0.188. The van der Waals surface area contributed by atoms with Crippen LogP contribution in [0.15, 0.2) is 35.7 Å². The van der Waals surface area contributed by atoms with Crippen LogP contribution in [0.1, 0.15) is 11.8 Å². The summed E-state index contributed by atoms with van der Waals surface area (Å²) >= 11 is 3.45. The molecular formula is C16H16N2OS2. The van der Waals surface area contributed by atoms with Crippen LogP contribution in [0, 0.1) is 0 Å². The Labute approximate surface area is 132 Å². The van der Waals surface area contributed by atoms with E-state index in [0.29, 0.717) is 11.4 Å². The van der Waals surface area contributed by atoms with Crippen LogP contribution in [0.2, 0.25) is 0 Å². The Bertz CT molecular complexity index is 748. The molecule has 0 aliphatic heterocycles. The summed E-state index contributed by atoms with van der Waals surface area (Å²) in [5.74, 6) is 0.699. The molecular weight excluding hydrogens is 300 g/mol. The lowest BCUT2D eigenvalue weighted by Crippen LogP contribution is -1.92. The third kappa shape index (κ3) is 2.66. The first-order valence-corrected chi connectivity index (χ1v) is 8.40. The molecule has 0 radical (unpaired) electrons. The van der Waals surface area contributed by atoms with Crippen LogP contribution < -0.4 is 10.5 Å². The van der Waals surface area contributed by atoms with E-state index in [9.17, 15) is 0 Å². The number of rotatable bonds is 4. The molecule has 3 nitrogen and oxygen atoms in total. The highest BCUT2D eigenvalue weighted by atomic mass is 32.1. The second-order valence-corrected chi connectivity index (χ2v) is 6.61. The van der Waals surface area contributed by atoms with Crippen LogP contribution in [0.4, 0.5) is 5.69 Å². The summed E-state index contributed by atoms with van der Waals surface area (Å²) in [5.41, 5.74) is 8.77. The third-order valence-corrected chi connectivity index (χ3v) is 5.38. The number of aromatic nitrogens is 1. The van der Waals surface area contributed by atoms with Gasteiger partial charge < -0.3 is 10.5 Å². The van der Waals surface area contributed by atoms with Crippen LogP contribution in [-0.4, -0.2) is 12.1 Å². The molecule has 0 bridgehead atoms. The number of aryl methyl sites for hydroxylation is 1. The van der Waals surface area contributed by atoms with Gasteiger partial charge in [-0.1, -0.05) is 13.0 Å². The third-order valence-electron chi connectivity index (χ3n) is 3.25. The first kappa shape index (κ1) is 14.1. The van der Waals surface area contributed by atoms with E-state index in [1.165, 1.54) is 9.75 Å². The van der Waals surface area contributed by atoms with E-state index in [-0.39, 0.29) is 0 Å². The number of thiazole rings is 1. The van der Waals surface area contributed by atoms with Crippen LogP contribution in [0.3, 0.4) is 0 Å². The molecule has 2 heterocycles. The van der Waals surface area contributed by atoms with Gasteiger partial charge in [0.2, 0.25) is 0 Å². The number of ether oxygens (including phenoxy) is 1. The number of methoxy groups -OCH3 is 1. The highest BCUT2D eigenvalue weighted by Gasteiger charge is 2.14. The molecule has 3 aromatic rings. The van der Waals surface area contributed by atoms with Gasteiger partial charge in [0, 0.05) is 10.4 Å². The van der Waals surface area contributed by atoms with E-state index >= 15 is 0 Å². The van der Waals surface area contributed by atoms with Gasteiger partial charge in [0.25, 0.3) is 0 Å². The van der Waals surface area contributed by atoms with Crippen molar-refractivity contribution in [3.8, 4) is 26.9 Å². The maximum Gasteiger partial charge on any atom is 0.141 e. The summed E-state index contributed by atoms with van der Waals surface area (Å²) in [4.78, 5) is 7.35. The summed E-state index contributed by atoms with van der Waals surface area (Å²) in [6.45, 7) is 2.16. The number of hydrogen-bond donors (Lipinski definition) is 1. The highest BCUT2D eigenvalue weighted by molar-refractivity contribution is 7.17. The Morgan fingerprint density at radius 1 is 1.29 bits per heavy atom. The molecule has 3 rings (SSSR count). The number of nitrogens with two attached hydrogens (primary N) is 1. The van der Waals surface area contributed by atoms with E-state index < -0.39 is 0 Å². The molecule has 0 unspecified atom stereocenters. The van der Waals surface area contributed by atoms with Crippen molar-refractivity contribution in [3.63, 3.8) is 0 Å². The number of anilines is 1. The van der Waals surface area contributed by atoms with Crippen LogP contribution in [-0.2, 0) is 6.42 Å². The summed E-state index contributed by atoms with van der Waals surface area (Å²) in [7, 11) is 1.62. The van der Waals surface area contributed by atoms with Gasteiger partial charge in [0.05, 0.1) is 23.4 Å². The molecule has 0 saturated carbocycles. The average Bonchev–Trinajstić information content (AvgIpc) is 3.15. The van der Waals surface area contributed by atoms with E-state index in [4.69, 9.17) is 15.5 Å². The number of nitrogens with zero attached hydrogens (tertiary/aromatic N) is 1. The van der Waals surface area contributed by atoms with Gasteiger partial charge >= 0.3 is 0 Å². The van der Waals surface area contributed by atoms with Crippen molar-refractivity contribution >= 4 is 28.4 Å². The Balaban J connectivity index is 2.05. The second kappa shape index (κ2) is 5.87. The van der Waals surface area contributed by atoms with E-state index in [1.807, 2.05) is 18.2 Å². The minimum absolute atomic E-state index is 0.640. The van der Waals surface area contributed by atoms with Crippen molar-refractivity contribution in [2.45, 2.75) is 13.3 Å². The molecule has 0 amide bonds. The monoisotopic (exact) mass is 316 g/mol. The molecule has 5 heteroatoms. The van der Waals surface area contributed by atoms with Gasteiger partial charge in [-0.25, -0.2) is 4.98 Å². The van der Waals surface area contributed by atoms with Gasteiger partial charge in [0.15, 0.2) is 0 Å². The predicted octanol–water partition coefficient (Wildman–Crippen LogP) is 4.69. The smallest absolute Gasteiger partial charge is 0.141 e. The highest BCUT2D eigenvalue weighted by Crippen LogP contribution is 2.37. The van der Waals surface area contributed by atoms with Crippen molar-refractivity contribution in [2.75, 3.05) is 12.8 Å². The van der Waals surface area contributed by atoms with Crippen LogP contribution in [0.5, 0.6) is 5.75 Å². The molecule has 2 aromatic heterocycles. The Hall–Kier alpha value is -1.85. The second-order valence-electron chi connectivity index (χ2n) is 4.58. The zero-order chi connectivity index (χ0) is 14.8. The zero-order valence-corrected chi connectivity index (χ0v) is 13.6. The van der Waals surface area contributed by atoms with Gasteiger partial charge in [-0.2, -0.15) is 0 Å². The average molecular weight is 316 g/mol. The van der Waals surface area contributed by atoms with Gasteiger partial charge in [-0.15, -0.1) is 22.7 Å². The first-order valence-electron chi connectivity index (χ1n) is 6.70. The maximum atomic E-state index is 6.00. The number of hydrogen-bond acceptors (Lipinski definition) is 5. The van der Waals surface area contributed by atoms with Gasteiger partial charge in [-0.05, 0) is 36.1 Å². The first-order chi connectivity index (χ1) is 10.2. The largest absolute Gasteiger partial charge is 0.495 e. The van der Waals surface area contributed by atoms with Crippen molar-refractivity contribution in [1.29, 1.82) is 0 Å². The summed E-state index contributed by atoms with van der Waals surface area (Å²) < 4.78 is 5.20. The Morgan fingerprint density at radius 2 is 2.14 bits per heavy atom. The molecule has 0 spiro atoms. The molecule has 0 aliphatic carbocycles. The van der Waals surface area contributed by atoms with Gasteiger partial charge in [0.1, 0.15) is 10.8 Å². The molecule has 2 N–H and O–H groups in total. The van der Waals surface area contributed by atoms with Crippen LogP contribution in [0.25, 0.3) is 21.1 Å².